The average Bonchev–Trinajstić information content (AvgIpc) is 2.83. The third kappa shape index (κ3) is 1.24. The Labute approximate surface area is 101 Å². The zero-order chi connectivity index (χ0) is 11.2. The van der Waals surface area contributed by atoms with Crippen LogP contribution in [0.5, 0.6) is 0 Å². The van der Waals surface area contributed by atoms with E-state index in [0.717, 1.165) is 0 Å². The molecule has 0 heterocycles. The first kappa shape index (κ1) is 9.00. The fourth-order valence-electron chi connectivity index (χ4n) is 2.63. The smallest absolute Gasteiger partial charge is 0.0211 e. The molecule has 17 heavy (non-hydrogen) atoms. The molecule has 0 aromatic heterocycles. The summed E-state index contributed by atoms with van der Waals surface area (Å²) in [6.07, 6.45) is 11.0. The van der Waals surface area contributed by atoms with Crippen LogP contribution in [0.2, 0.25) is 0 Å². The van der Waals surface area contributed by atoms with Crippen molar-refractivity contribution in [3.05, 3.63) is 83.3 Å². The molecule has 0 spiro atoms. The molecule has 4 rings (SSSR count). The number of benzene rings is 2. The lowest BCUT2D eigenvalue weighted by Crippen LogP contribution is -1.98. The Morgan fingerprint density at radius 2 is 1.76 bits per heavy atom. The number of hydrogen-bond acceptors (Lipinski definition) is 0. The van der Waals surface area contributed by atoms with Crippen molar-refractivity contribution in [1.29, 1.82) is 0 Å². The second-order valence-corrected chi connectivity index (χ2v) is 4.51. The highest BCUT2D eigenvalue weighted by atomic mass is 14.2. The van der Waals surface area contributed by atoms with Crippen molar-refractivity contribution >= 4 is 16.8 Å². The van der Waals surface area contributed by atoms with E-state index < -0.39 is 0 Å². The fraction of sp³-hybridized carbons (Fsp3) is 0. The van der Waals surface area contributed by atoms with E-state index in [0.29, 0.717) is 0 Å². The molecule has 2 aliphatic carbocycles. The highest BCUT2D eigenvalue weighted by Gasteiger charge is 2.17. The standard InChI is InChI=1S/C17H11/c1-2-7-16-12(4-1)8-9-15-10-13-5-3-6-14(13)11-17(15)16/h1-11H. The summed E-state index contributed by atoms with van der Waals surface area (Å²) in [6.45, 7) is 0. The van der Waals surface area contributed by atoms with Crippen LogP contribution >= 0.6 is 0 Å². The van der Waals surface area contributed by atoms with Gasteiger partial charge in [0.1, 0.15) is 0 Å². The van der Waals surface area contributed by atoms with Gasteiger partial charge in [-0.2, -0.15) is 0 Å². The van der Waals surface area contributed by atoms with Gasteiger partial charge in [-0.25, -0.2) is 0 Å². The summed E-state index contributed by atoms with van der Waals surface area (Å²) in [5.74, 6) is 0. The molecule has 0 bridgehead atoms. The lowest BCUT2D eigenvalue weighted by Gasteiger charge is -2.17. The monoisotopic (exact) mass is 215 g/mol. The maximum absolute atomic E-state index is 2.30. The van der Waals surface area contributed by atoms with E-state index in [2.05, 4.69) is 67.1 Å². The van der Waals surface area contributed by atoms with Gasteiger partial charge in [-0.15, -0.1) is 0 Å². The summed E-state index contributed by atoms with van der Waals surface area (Å²) in [7, 11) is 0. The molecule has 79 valence electrons. The highest BCUT2D eigenvalue weighted by Crippen LogP contribution is 2.36. The zero-order valence-corrected chi connectivity index (χ0v) is 9.35. The van der Waals surface area contributed by atoms with Gasteiger partial charge in [0, 0.05) is 6.42 Å². The molecule has 0 fully saturated rings. The molecule has 0 N–H and O–H groups in total. The Kier molecular flexibility index (Phi) is 1.70. The first-order chi connectivity index (χ1) is 8.42. The van der Waals surface area contributed by atoms with Gasteiger partial charge in [-0.05, 0) is 39.1 Å². The van der Waals surface area contributed by atoms with Crippen molar-refractivity contribution in [3.63, 3.8) is 0 Å². The van der Waals surface area contributed by atoms with Gasteiger partial charge in [0.25, 0.3) is 0 Å². The SMILES string of the molecule is [CH]1C2=CC=CC2=Cc2c1ccc1ccccc21. The van der Waals surface area contributed by atoms with E-state index in [1.807, 2.05) is 0 Å². The number of allylic oxidation sites excluding steroid dienone is 5. The molecule has 1 radical (unpaired) electrons. The average molecular weight is 215 g/mol. The van der Waals surface area contributed by atoms with E-state index in [-0.39, 0.29) is 0 Å². The van der Waals surface area contributed by atoms with Crippen LogP contribution in [0.15, 0.2) is 65.8 Å². The molecule has 0 saturated carbocycles. The lowest BCUT2D eigenvalue weighted by atomic mass is 9.87. The Bertz CT molecular complexity index is 712. The molecule has 0 heteroatoms. The molecular formula is C17H11. The maximum atomic E-state index is 2.30. The number of hydrogen-bond donors (Lipinski definition) is 0. The second-order valence-electron chi connectivity index (χ2n) is 4.51. The van der Waals surface area contributed by atoms with Gasteiger partial charge in [-0.3, -0.25) is 0 Å². The van der Waals surface area contributed by atoms with E-state index in [1.54, 1.807) is 0 Å². The molecule has 0 saturated heterocycles. The van der Waals surface area contributed by atoms with Gasteiger partial charge < -0.3 is 0 Å². The minimum absolute atomic E-state index is 1.31. The molecule has 0 aliphatic heterocycles. The topological polar surface area (TPSA) is 0 Å². The molecule has 0 nitrogen and oxygen atoms in total. The van der Waals surface area contributed by atoms with Crippen LogP contribution in [-0.4, -0.2) is 0 Å². The normalized spacial score (nSPS) is 16.5. The predicted octanol–water partition coefficient (Wildman–Crippen LogP) is 4.29. The van der Waals surface area contributed by atoms with Crippen LogP contribution in [-0.2, 0) is 0 Å². The lowest BCUT2D eigenvalue weighted by molar-refractivity contribution is 1.40. The van der Waals surface area contributed by atoms with Crippen molar-refractivity contribution in [1.82, 2.24) is 0 Å². The summed E-state index contributed by atoms with van der Waals surface area (Å²) < 4.78 is 0. The van der Waals surface area contributed by atoms with Gasteiger partial charge >= 0.3 is 0 Å². The van der Waals surface area contributed by atoms with Crippen molar-refractivity contribution in [3.8, 4) is 0 Å². The summed E-state index contributed by atoms with van der Waals surface area (Å²) in [5.41, 5.74) is 5.32. The largest absolute Gasteiger partial charge is 0.0616 e. The molecule has 0 unspecified atom stereocenters. The third-order valence-corrected chi connectivity index (χ3v) is 3.50. The van der Waals surface area contributed by atoms with Crippen LogP contribution in [0.4, 0.5) is 0 Å². The van der Waals surface area contributed by atoms with Crippen LogP contribution in [0, 0.1) is 6.42 Å². The molecule has 0 amide bonds. The Balaban J connectivity index is 2.08. The summed E-state index contributed by atoms with van der Waals surface area (Å²) in [4.78, 5) is 0. The minimum atomic E-state index is 1.31. The van der Waals surface area contributed by atoms with Crippen molar-refractivity contribution in [2.45, 2.75) is 0 Å². The van der Waals surface area contributed by atoms with Crippen molar-refractivity contribution < 1.29 is 0 Å². The van der Waals surface area contributed by atoms with Crippen molar-refractivity contribution in [2.24, 2.45) is 0 Å². The number of fused-ring (bicyclic) bond motifs is 4. The van der Waals surface area contributed by atoms with Gasteiger partial charge in [0.15, 0.2) is 0 Å². The van der Waals surface area contributed by atoms with Crippen LogP contribution in [0.3, 0.4) is 0 Å². The second kappa shape index (κ2) is 3.21. The summed E-state index contributed by atoms with van der Waals surface area (Å²) in [5, 5.41) is 2.65. The van der Waals surface area contributed by atoms with Gasteiger partial charge in [-0.1, -0.05) is 54.6 Å². The van der Waals surface area contributed by atoms with E-state index >= 15 is 0 Å². The fourth-order valence-corrected chi connectivity index (χ4v) is 2.63. The minimum Gasteiger partial charge on any atom is -0.0616 e. The molecule has 2 aromatic rings. The van der Waals surface area contributed by atoms with Gasteiger partial charge in [0.2, 0.25) is 0 Å². The molecule has 2 aliphatic rings. The summed E-state index contributed by atoms with van der Waals surface area (Å²) in [6, 6.07) is 13.0. The zero-order valence-electron chi connectivity index (χ0n) is 9.35. The van der Waals surface area contributed by atoms with E-state index in [4.69, 9.17) is 0 Å². The summed E-state index contributed by atoms with van der Waals surface area (Å²) >= 11 is 0. The van der Waals surface area contributed by atoms with E-state index in [1.165, 1.54) is 33.0 Å². The van der Waals surface area contributed by atoms with Crippen LogP contribution < -0.4 is 0 Å². The predicted molar refractivity (Wildman–Crippen MR) is 72.6 cm³/mol. The Morgan fingerprint density at radius 1 is 0.824 bits per heavy atom. The molecule has 2 aromatic carbocycles. The number of rotatable bonds is 0. The first-order valence-electron chi connectivity index (χ1n) is 5.89. The van der Waals surface area contributed by atoms with Gasteiger partial charge in [0.05, 0.1) is 0 Å². The van der Waals surface area contributed by atoms with Crippen LogP contribution in [0.25, 0.3) is 16.8 Å². The highest BCUT2D eigenvalue weighted by molar-refractivity contribution is 5.95. The Hall–Kier alpha value is -2.08. The molecule has 0 atom stereocenters. The van der Waals surface area contributed by atoms with Crippen molar-refractivity contribution in [2.75, 3.05) is 0 Å². The first-order valence-corrected chi connectivity index (χ1v) is 5.89. The Morgan fingerprint density at radius 3 is 2.76 bits per heavy atom. The van der Waals surface area contributed by atoms with E-state index in [9.17, 15) is 0 Å². The quantitative estimate of drug-likeness (QED) is 0.615. The third-order valence-electron chi connectivity index (χ3n) is 3.50. The maximum Gasteiger partial charge on any atom is 0.0211 e. The molecular weight excluding hydrogens is 204 g/mol. The van der Waals surface area contributed by atoms with Crippen LogP contribution in [0.1, 0.15) is 11.1 Å².